The number of methoxy groups -OCH3 is 1. The average molecular weight is 379 g/mol. The van der Waals surface area contributed by atoms with Crippen molar-refractivity contribution in [1.29, 1.82) is 0 Å². The highest BCUT2D eigenvalue weighted by atomic mass is 35.5. The molecule has 0 saturated heterocycles. The van der Waals surface area contributed by atoms with E-state index in [1.807, 2.05) is 0 Å². The second kappa shape index (κ2) is 7.89. The fourth-order valence-electron chi connectivity index (χ4n) is 2.49. The van der Waals surface area contributed by atoms with Gasteiger partial charge in [0.2, 0.25) is 0 Å². The number of aliphatic imine (C=N–C) groups is 1. The maximum absolute atomic E-state index is 13.8. The summed E-state index contributed by atoms with van der Waals surface area (Å²) < 4.78 is 19.0. The number of thioether (sulfide) groups is 1. The van der Waals surface area contributed by atoms with Crippen LogP contribution in [0.2, 0.25) is 5.02 Å². The third-order valence-electron chi connectivity index (χ3n) is 3.75. The minimum absolute atomic E-state index is 0.225. The Morgan fingerprint density at radius 1 is 1.36 bits per heavy atom. The number of hydrogen-bond acceptors (Lipinski definition) is 4. The maximum Gasteiger partial charge on any atom is 0.263 e. The van der Waals surface area contributed by atoms with Crippen molar-refractivity contribution in [2.75, 3.05) is 20.2 Å². The molecule has 0 spiro atoms. The van der Waals surface area contributed by atoms with Crippen LogP contribution in [0.25, 0.3) is 0 Å². The van der Waals surface area contributed by atoms with Crippen molar-refractivity contribution in [3.8, 4) is 5.75 Å². The lowest BCUT2D eigenvalue weighted by Crippen LogP contribution is -2.33. The molecule has 0 aromatic heterocycles. The second-order valence-corrected chi connectivity index (χ2v) is 6.72. The van der Waals surface area contributed by atoms with E-state index < -0.39 is 0 Å². The van der Waals surface area contributed by atoms with Crippen LogP contribution in [0.3, 0.4) is 0 Å². The van der Waals surface area contributed by atoms with Gasteiger partial charge in [-0.25, -0.2) is 4.39 Å². The first-order valence-corrected chi connectivity index (χ1v) is 9.02. The van der Waals surface area contributed by atoms with Gasteiger partial charge in [0.1, 0.15) is 11.6 Å². The average Bonchev–Trinajstić information content (AvgIpc) is 3.09. The van der Waals surface area contributed by atoms with Gasteiger partial charge in [0.15, 0.2) is 5.17 Å². The van der Waals surface area contributed by atoms with Crippen LogP contribution in [0.4, 0.5) is 4.39 Å². The standard InChI is InChI=1S/C18H16ClFN2O2S/c1-24-16-7-6-13(19)10-14(16)17(23)22-9-8-21-18(22)25-11-12-4-2-3-5-15(12)20/h2-7,10H,8-9,11H2,1H3. The summed E-state index contributed by atoms with van der Waals surface area (Å²) in [7, 11) is 1.51. The third-order valence-corrected chi connectivity index (χ3v) is 5.05. The zero-order valence-electron chi connectivity index (χ0n) is 13.5. The highest BCUT2D eigenvalue weighted by Crippen LogP contribution is 2.27. The summed E-state index contributed by atoms with van der Waals surface area (Å²) in [5.74, 6) is 0.376. The molecule has 0 fully saturated rings. The number of halogens is 2. The molecule has 0 atom stereocenters. The number of carbonyl (C=O) groups excluding carboxylic acids is 1. The molecule has 1 amide bonds. The van der Waals surface area contributed by atoms with Gasteiger partial charge in [-0.15, -0.1) is 0 Å². The molecular formula is C18H16ClFN2O2S. The molecule has 0 N–H and O–H groups in total. The SMILES string of the molecule is COc1ccc(Cl)cc1C(=O)N1CCN=C1SCc1ccccc1F. The third kappa shape index (κ3) is 3.96. The van der Waals surface area contributed by atoms with Gasteiger partial charge < -0.3 is 4.74 Å². The van der Waals surface area contributed by atoms with E-state index in [4.69, 9.17) is 16.3 Å². The van der Waals surface area contributed by atoms with Crippen LogP contribution in [0.1, 0.15) is 15.9 Å². The molecular weight excluding hydrogens is 363 g/mol. The molecule has 0 aliphatic carbocycles. The smallest absolute Gasteiger partial charge is 0.263 e. The molecule has 130 valence electrons. The van der Waals surface area contributed by atoms with Crippen LogP contribution in [-0.4, -0.2) is 36.2 Å². The van der Waals surface area contributed by atoms with Crippen LogP contribution >= 0.6 is 23.4 Å². The number of amidine groups is 1. The molecule has 2 aromatic carbocycles. The number of rotatable bonds is 4. The molecule has 7 heteroatoms. The zero-order chi connectivity index (χ0) is 17.8. The summed E-state index contributed by atoms with van der Waals surface area (Å²) in [6, 6.07) is 11.5. The van der Waals surface area contributed by atoms with E-state index in [1.165, 1.54) is 24.9 Å². The summed E-state index contributed by atoms with van der Waals surface area (Å²) in [4.78, 5) is 18.8. The minimum Gasteiger partial charge on any atom is -0.496 e. The summed E-state index contributed by atoms with van der Waals surface area (Å²) in [6.45, 7) is 1.00. The molecule has 1 aliphatic heterocycles. The van der Waals surface area contributed by atoms with Crippen molar-refractivity contribution in [2.45, 2.75) is 5.75 Å². The molecule has 1 aliphatic rings. The Kier molecular flexibility index (Phi) is 5.60. The van der Waals surface area contributed by atoms with Crippen LogP contribution in [0, 0.1) is 5.82 Å². The Bertz CT molecular complexity index is 828. The number of hydrogen-bond donors (Lipinski definition) is 0. The van der Waals surface area contributed by atoms with Gasteiger partial charge in [0.25, 0.3) is 5.91 Å². The lowest BCUT2D eigenvalue weighted by Gasteiger charge is -2.19. The summed E-state index contributed by atoms with van der Waals surface area (Å²) >= 11 is 7.36. The van der Waals surface area contributed by atoms with E-state index in [1.54, 1.807) is 41.3 Å². The number of ether oxygens (including phenoxy) is 1. The molecule has 0 radical (unpaired) electrons. The largest absolute Gasteiger partial charge is 0.496 e. The van der Waals surface area contributed by atoms with Gasteiger partial charge in [-0.05, 0) is 29.8 Å². The first kappa shape index (κ1) is 17.8. The van der Waals surface area contributed by atoms with Gasteiger partial charge in [0.05, 0.1) is 19.2 Å². The van der Waals surface area contributed by atoms with Crippen LogP contribution in [0.15, 0.2) is 47.5 Å². The minimum atomic E-state index is -0.261. The summed E-state index contributed by atoms with van der Waals surface area (Å²) in [5.41, 5.74) is 0.964. The molecule has 0 saturated carbocycles. The van der Waals surface area contributed by atoms with E-state index in [0.717, 1.165) is 0 Å². The van der Waals surface area contributed by atoms with Crippen molar-refractivity contribution >= 4 is 34.4 Å². The highest BCUT2D eigenvalue weighted by Gasteiger charge is 2.27. The molecule has 0 unspecified atom stereocenters. The Morgan fingerprint density at radius 2 is 2.16 bits per heavy atom. The number of amides is 1. The van der Waals surface area contributed by atoms with Crippen molar-refractivity contribution < 1.29 is 13.9 Å². The van der Waals surface area contributed by atoms with Gasteiger partial charge in [-0.3, -0.25) is 14.7 Å². The Balaban J connectivity index is 1.76. The normalized spacial score (nSPS) is 13.7. The van der Waals surface area contributed by atoms with Gasteiger partial charge in [-0.2, -0.15) is 0 Å². The first-order valence-electron chi connectivity index (χ1n) is 7.66. The number of nitrogens with zero attached hydrogens (tertiary/aromatic N) is 2. The maximum atomic E-state index is 13.8. The molecule has 25 heavy (non-hydrogen) atoms. The molecule has 2 aromatic rings. The lowest BCUT2D eigenvalue weighted by atomic mass is 10.2. The van der Waals surface area contributed by atoms with Crippen molar-refractivity contribution in [3.05, 3.63) is 64.4 Å². The number of carbonyl (C=O) groups is 1. The van der Waals surface area contributed by atoms with Crippen LogP contribution in [0.5, 0.6) is 5.75 Å². The fourth-order valence-corrected chi connectivity index (χ4v) is 3.69. The van der Waals surface area contributed by atoms with Crippen LogP contribution in [-0.2, 0) is 5.75 Å². The Hall–Kier alpha value is -2.05. The molecule has 1 heterocycles. The van der Waals surface area contributed by atoms with Gasteiger partial charge >= 0.3 is 0 Å². The second-order valence-electron chi connectivity index (χ2n) is 5.35. The van der Waals surface area contributed by atoms with Crippen molar-refractivity contribution in [2.24, 2.45) is 4.99 Å². The predicted molar refractivity (Wildman–Crippen MR) is 99.0 cm³/mol. The van der Waals surface area contributed by atoms with E-state index in [9.17, 15) is 9.18 Å². The predicted octanol–water partition coefficient (Wildman–Crippen LogP) is 4.23. The molecule has 4 nitrogen and oxygen atoms in total. The monoisotopic (exact) mass is 378 g/mol. The topological polar surface area (TPSA) is 41.9 Å². The summed E-state index contributed by atoms with van der Waals surface area (Å²) in [6.07, 6.45) is 0. The van der Waals surface area contributed by atoms with Crippen molar-refractivity contribution in [3.63, 3.8) is 0 Å². The van der Waals surface area contributed by atoms with Gasteiger partial charge in [-0.1, -0.05) is 41.6 Å². The molecule has 0 bridgehead atoms. The Labute approximate surface area is 154 Å². The summed E-state index contributed by atoms with van der Waals surface area (Å²) in [5, 5.41) is 1.04. The lowest BCUT2D eigenvalue weighted by molar-refractivity contribution is 0.0857. The Morgan fingerprint density at radius 3 is 2.92 bits per heavy atom. The fraction of sp³-hybridized carbons (Fsp3) is 0.222. The van der Waals surface area contributed by atoms with E-state index in [2.05, 4.69) is 4.99 Å². The first-order chi connectivity index (χ1) is 12.1. The number of benzene rings is 2. The van der Waals surface area contributed by atoms with E-state index in [-0.39, 0.29) is 11.7 Å². The highest BCUT2D eigenvalue weighted by molar-refractivity contribution is 8.13. The molecule has 3 rings (SSSR count). The zero-order valence-corrected chi connectivity index (χ0v) is 15.1. The van der Waals surface area contributed by atoms with E-state index >= 15 is 0 Å². The van der Waals surface area contributed by atoms with E-state index in [0.29, 0.717) is 45.9 Å². The van der Waals surface area contributed by atoms with Gasteiger partial charge in [0, 0.05) is 17.3 Å². The van der Waals surface area contributed by atoms with Crippen LogP contribution < -0.4 is 4.74 Å². The van der Waals surface area contributed by atoms with Crippen molar-refractivity contribution in [1.82, 2.24) is 4.90 Å². The quantitative estimate of drug-likeness (QED) is 0.799.